The molecule has 0 saturated carbocycles. The van der Waals surface area contributed by atoms with E-state index in [4.69, 9.17) is 12.7 Å². The molecule has 3 radical (unpaired) electrons. The number of hydrogen-bond acceptors (Lipinski definition) is 2. The second-order valence-corrected chi connectivity index (χ2v) is 7.45. The van der Waals surface area contributed by atoms with E-state index in [-0.39, 0.29) is 0 Å². The Hall–Kier alpha value is -1.70. The van der Waals surface area contributed by atoms with Crippen LogP contribution in [0.2, 0.25) is 0 Å². The van der Waals surface area contributed by atoms with E-state index in [9.17, 15) is 13.2 Å². The second kappa shape index (κ2) is 4.28. The molecule has 125 valence electrons. The zero-order chi connectivity index (χ0) is 16.7. The number of benzene rings is 1. The number of hydrogen-bond donors (Lipinski definition) is 0. The molecule has 4 aliphatic rings. The molecule has 2 bridgehead atoms. The van der Waals surface area contributed by atoms with Gasteiger partial charge >= 0.3 is 6.18 Å². The molecule has 3 saturated heterocycles. The maximum absolute atomic E-state index is 13.0. The summed E-state index contributed by atoms with van der Waals surface area (Å²) in [5.74, 6) is 0.392. The summed E-state index contributed by atoms with van der Waals surface area (Å²) >= 11 is 0. The highest BCUT2D eigenvalue weighted by atomic mass is 19.4. The third-order valence-corrected chi connectivity index (χ3v) is 5.93. The topological polar surface area (TPSA) is 27.1 Å². The first-order valence-electron chi connectivity index (χ1n) is 8.19. The van der Waals surface area contributed by atoms with E-state index in [1.165, 1.54) is 12.1 Å². The van der Waals surface area contributed by atoms with E-state index in [0.29, 0.717) is 40.4 Å². The Morgan fingerprint density at radius 2 is 2.04 bits per heavy atom. The van der Waals surface area contributed by atoms with E-state index in [1.54, 1.807) is 4.57 Å². The highest BCUT2D eigenvalue weighted by Crippen LogP contribution is 2.47. The van der Waals surface area contributed by atoms with E-state index in [0.717, 1.165) is 32.0 Å². The van der Waals surface area contributed by atoms with Gasteiger partial charge in [-0.25, -0.2) is 7.98 Å². The van der Waals surface area contributed by atoms with Gasteiger partial charge in [-0.15, -0.1) is 0 Å². The summed E-state index contributed by atoms with van der Waals surface area (Å²) in [5, 5.41) is 0. The number of halogens is 3. The van der Waals surface area contributed by atoms with Crippen LogP contribution in [0.4, 0.5) is 13.2 Å². The van der Waals surface area contributed by atoms with Crippen molar-refractivity contribution in [3.8, 4) is 6.01 Å². The van der Waals surface area contributed by atoms with Crippen molar-refractivity contribution in [3.05, 3.63) is 23.8 Å². The molecule has 24 heavy (non-hydrogen) atoms. The largest absolute Gasteiger partial charge is 0.585 e. The standard InChI is InChI=1S/C16H16BF3N3O/c17-23-5-3-10(4-6-23)15(9-23)8-22-13-7-11(16(18,19)20)1-2-12(13)21-14(22)24-15/h1-2,7,10H,3-6,8-9H2. The third kappa shape index (κ3) is 1.89. The predicted octanol–water partition coefficient (Wildman–Crippen LogP) is 2.51. The monoisotopic (exact) mass is 334 g/mol. The van der Waals surface area contributed by atoms with Gasteiger partial charge in [-0.3, -0.25) is 4.57 Å². The third-order valence-electron chi connectivity index (χ3n) is 5.93. The molecule has 2 aromatic rings. The molecule has 0 N–H and O–H groups in total. The Labute approximate surface area is 138 Å². The van der Waals surface area contributed by atoms with E-state index in [1.807, 2.05) is 0 Å². The predicted molar refractivity (Wildman–Crippen MR) is 81.4 cm³/mol. The number of imidazole rings is 1. The summed E-state index contributed by atoms with van der Waals surface area (Å²) in [6.07, 6.45) is -2.38. The lowest BCUT2D eigenvalue weighted by Crippen LogP contribution is -2.69. The minimum atomic E-state index is -4.36. The molecular formula is C16H16BF3N3O. The summed E-state index contributed by atoms with van der Waals surface area (Å²) < 4.78 is 47.5. The van der Waals surface area contributed by atoms with Gasteiger partial charge in [-0.2, -0.15) is 18.2 Å². The first kappa shape index (κ1) is 14.6. The average molecular weight is 334 g/mol. The average Bonchev–Trinajstić information content (AvgIpc) is 2.99. The van der Waals surface area contributed by atoms with Gasteiger partial charge in [0.15, 0.2) is 5.60 Å². The summed E-state index contributed by atoms with van der Waals surface area (Å²) in [7, 11) is 6.43. The lowest BCUT2D eigenvalue weighted by atomic mass is 9.71. The molecule has 5 heterocycles. The zero-order valence-corrected chi connectivity index (χ0v) is 13.0. The molecule has 1 spiro atoms. The number of ether oxygens (including phenoxy) is 1. The number of nitrogens with zero attached hydrogens (tertiary/aromatic N) is 3. The van der Waals surface area contributed by atoms with Crippen LogP contribution in [0.25, 0.3) is 11.0 Å². The van der Waals surface area contributed by atoms with E-state index >= 15 is 0 Å². The normalized spacial score (nSPS) is 34.8. The lowest BCUT2D eigenvalue weighted by molar-refractivity contribution is -0.845. The fraction of sp³-hybridized carbons (Fsp3) is 0.562. The van der Waals surface area contributed by atoms with Gasteiger partial charge in [-0.1, -0.05) is 0 Å². The van der Waals surface area contributed by atoms with Gasteiger partial charge in [0.2, 0.25) is 0 Å². The van der Waals surface area contributed by atoms with Gasteiger partial charge in [0.05, 0.1) is 29.7 Å². The van der Waals surface area contributed by atoms with Crippen LogP contribution in [0.5, 0.6) is 6.01 Å². The molecule has 4 aliphatic heterocycles. The Kier molecular flexibility index (Phi) is 2.61. The van der Waals surface area contributed by atoms with Gasteiger partial charge in [0, 0.05) is 19.0 Å². The first-order valence-corrected chi connectivity index (χ1v) is 8.19. The van der Waals surface area contributed by atoms with Crippen molar-refractivity contribution in [2.75, 3.05) is 19.6 Å². The van der Waals surface area contributed by atoms with Crippen LogP contribution in [0, 0.1) is 5.92 Å². The first-order chi connectivity index (χ1) is 11.3. The smallest absolute Gasteiger partial charge is 0.416 e. The zero-order valence-electron chi connectivity index (χ0n) is 13.0. The van der Waals surface area contributed by atoms with Crippen molar-refractivity contribution in [2.45, 2.75) is 31.2 Å². The molecule has 6 rings (SSSR count). The molecule has 0 amide bonds. The van der Waals surface area contributed by atoms with Gasteiger partial charge in [-0.05, 0) is 31.0 Å². The van der Waals surface area contributed by atoms with Crippen LogP contribution >= 0.6 is 0 Å². The van der Waals surface area contributed by atoms with E-state index in [2.05, 4.69) is 4.98 Å². The minimum absolute atomic E-state index is 0.392. The Bertz CT molecular complexity index is 841. The van der Waals surface area contributed by atoms with Crippen LogP contribution in [0.15, 0.2) is 18.2 Å². The van der Waals surface area contributed by atoms with Gasteiger partial charge < -0.3 is 9.13 Å². The molecular weight excluding hydrogens is 318 g/mol. The highest BCUT2D eigenvalue weighted by Gasteiger charge is 2.55. The summed E-state index contributed by atoms with van der Waals surface area (Å²) in [6.45, 7) is 3.11. The fourth-order valence-corrected chi connectivity index (χ4v) is 4.71. The molecule has 0 aliphatic carbocycles. The van der Waals surface area contributed by atoms with Crippen LogP contribution in [-0.4, -0.2) is 47.2 Å². The molecule has 3 fully saturated rings. The lowest BCUT2D eigenvalue weighted by Gasteiger charge is -2.64. The SMILES string of the molecule is [B-][N+]12CCC(CC1)C1(Cn3c(nc4ccc(C(F)(F)F)cc43)O1)C2. The van der Waals surface area contributed by atoms with E-state index < -0.39 is 17.3 Å². The maximum Gasteiger partial charge on any atom is 0.416 e. The summed E-state index contributed by atoms with van der Waals surface area (Å²) in [6, 6.07) is 4.06. The van der Waals surface area contributed by atoms with Crippen LogP contribution < -0.4 is 4.74 Å². The van der Waals surface area contributed by atoms with Crippen molar-refractivity contribution < 1.29 is 22.3 Å². The highest BCUT2D eigenvalue weighted by molar-refractivity contribution is 5.97. The number of fused-ring (bicyclic) bond motifs is 5. The minimum Gasteiger partial charge on any atom is -0.585 e. The summed E-state index contributed by atoms with van der Waals surface area (Å²) in [5.41, 5.74) is -0.0619. The van der Waals surface area contributed by atoms with Crippen LogP contribution in [0.3, 0.4) is 0 Å². The number of quaternary nitrogens is 1. The van der Waals surface area contributed by atoms with Crippen molar-refractivity contribution in [1.29, 1.82) is 0 Å². The quantitative estimate of drug-likeness (QED) is 0.693. The molecule has 1 unspecified atom stereocenters. The second-order valence-electron chi connectivity index (χ2n) is 7.45. The molecule has 8 heteroatoms. The Balaban J connectivity index is 1.58. The molecule has 1 atom stereocenters. The molecule has 1 aromatic heterocycles. The molecule has 4 nitrogen and oxygen atoms in total. The Morgan fingerprint density at radius 3 is 2.71 bits per heavy atom. The van der Waals surface area contributed by atoms with Gasteiger partial charge in [0.1, 0.15) is 0 Å². The van der Waals surface area contributed by atoms with Crippen LogP contribution in [-0.2, 0) is 12.7 Å². The maximum atomic E-state index is 13.0. The number of rotatable bonds is 0. The molecule has 1 aromatic carbocycles. The number of piperidine rings is 3. The Morgan fingerprint density at radius 1 is 1.29 bits per heavy atom. The number of alkyl halides is 3. The summed E-state index contributed by atoms with van der Waals surface area (Å²) in [4.78, 5) is 4.40. The van der Waals surface area contributed by atoms with Crippen molar-refractivity contribution in [2.24, 2.45) is 5.92 Å². The van der Waals surface area contributed by atoms with Crippen LogP contribution in [0.1, 0.15) is 18.4 Å². The fourth-order valence-electron chi connectivity index (χ4n) is 4.71. The van der Waals surface area contributed by atoms with Gasteiger partial charge in [0.25, 0.3) is 6.01 Å². The van der Waals surface area contributed by atoms with Crippen molar-refractivity contribution >= 4 is 19.0 Å². The van der Waals surface area contributed by atoms with Crippen molar-refractivity contribution in [1.82, 2.24) is 9.55 Å². The van der Waals surface area contributed by atoms with Crippen molar-refractivity contribution in [3.63, 3.8) is 0 Å². The number of aromatic nitrogens is 2.